The van der Waals surface area contributed by atoms with Crippen molar-refractivity contribution in [2.75, 3.05) is 0 Å². The zero-order valence-corrected chi connectivity index (χ0v) is 14.2. The average molecular weight is 479 g/mol. The molecule has 0 saturated heterocycles. The maximum atomic E-state index is 12.8. The van der Waals surface area contributed by atoms with Crippen LogP contribution in [0, 0.1) is 0 Å². The van der Waals surface area contributed by atoms with Crippen molar-refractivity contribution >= 4 is 5.97 Å². The third-order valence-corrected chi connectivity index (χ3v) is 2.60. The fourth-order valence-electron chi connectivity index (χ4n) is 1.10. The zero-order valence-electron chi connectivity index (χ0n) is 11.2. The van der Waals surface area contributed by atoms with Gasteiger partial charge in [0.05, 0.1) is 0 Å². The van der Waals surface area contributed by atoms with Crippen LogP contribution in [-0.2, 0) is 24.3 Å². The molecule has 0 unspecified atom stereocenters. The van der Waals surface area contributed by atoms with Gasteiger partial charge in [0.2, 0.25) is 0 Å². The van der Waals surface area contributed by atoms with Crippen molar-refractivity contribution in [3.63, 3.8) is 0 Å². The molecule has 0 saturated carbocycles. The predicted octanol–water partition coefficient (Wildman–Crippen LogP) is 4.44. The molecule has 0 aliphatic carbocycles. The number of carboxylic acids is 1. The van der Waals surface area contributed by atoms with E-state index in [2.05, 4.69) is 0 Å². The first-order chi connectivity index (χ1) is 10.4. The van der Waals surface area contributed by atoms with Crippen molar-refractivity contribution in [2.24, 2.45) is 0 Å². The standard InChI is InChI=1S/C8HF15O2.Zn/c9-2(10,1(24)25)3(11,12)4(13,14)5(15,16)6(17,18)7(19,20)8(21,22)23;/h(H,24,25);. The van der Waals surface area contributed by atoms with E-state index in [1.807, 2.05) is 0 Å². The van der Waals surface area contributed by atoms with E-state index in [0.717, 1.165) is 0 Å². The Kier molecular flexibility index (Phi) is 6.90. The van der Waals surface area contributed by atoms with Gasteiger partial charge >= 0.3 is 47.7 Å². The summed E-state index contributed by atoms with van der Waals surface area (Å²) in [5.74, 6) is -52.8. The van der Waals surface area contributed by atoms with Gasteiger partial charge in [0.15, 0.2) is 0 Å². The van der Waals surface area contributed by atoms with Gasteiger partial charge in [-0.15, -0.1) is 0 Å². The fraction of sp³-hybridized carbons (Fsp3) is 0.875. The Balaban J connectivity index is 0. The summed E-state index contributed by atoms with van der Waals surface area (Å²) in [7, 11) is 0. The van der Waals surface area contributed by atoms with Crippen molar-refractivity contribution in [3.8, 4) is 0 Å². The van der Waals surface area contributed by atoms with E-state index >= 15 is 0 Å². The Morgan fingerprint density at radius 3 is 0.962 bits per heavy atom. The average Bonchev–Trinajstić information content (AvgIpc) is 2.35. The summed E-state index contributed by atoms with van der Waals surface area (Å²) in [6, 6.07) is 0. The molecule has 18 heteroatoms. The van der Waals surface area contributed by atoms with Crippen LogP contribution in [0.1, 0.15) is 0 Å². The van der Waals surface area contributed by atoms with Crippen LogP contribution in [0.15, 0.2) is 0 Å². The number of aliphatic carboxylic acids is 1. The molecule has 0 aromatic heterocycles. The summed E-state index contributed by atoms with van der Waals surface area (Å²) < 4.78 is 187. The second kappa shape index (κ2) is 6.58. The first-order valence-corrected chi connectivity index (χ1v) is 5.01. The van der Waals surface area contributed by atoms with Crippen molar-refractivity contribution in [1.29, 1.82) is 0 Å². The second-order valence-corrected chi connectivity index (χ2v) is 4.25. The minimum absolute atomic E-state index is 0. The summed E-state index contributed by atoms with van der Waals surface area (Å²) in [6.07, 6.45) is -7.69. The Morgan fingerprint density at radius 1 is 0.500 bits per heavy atom. The van der Waals surface area contributed by atoms with Gasteiger partial charge in [-0.3, -0.25) is 0 Å². The Bertz CT molecular complexity index is 536. The number of carbonyl (C=O) groups is 1. The minimum Gasteiger partial charge on any atom is -0.477 e. The monoisotopic (exact) mass is 478 g/mol. The number of alkyl halides is 15. The van der Waals surface area contributed by atoms with E-state index < -0.39 is 47.7 Å². The number of rotatable bonds is 6. The number of hydrogen-bond donors (Lipinski definition) is 1. The molecule has 0 fully saturated rings. The van der Waals surface area contributed by atoms with Crippen LogP contribution in [0.25, 0.3) is 0 Å². The van der Waals surface area contributed by atoms with Gasteiger partial charge in [-0.05, 0) is 0 Å². The molecule has 2 nitrogen and oxygen atoms in total. The third-order valence-electron chi connectivity index (χ3n) is 2.60. The van der Waals surface area contributed by atoms with E-state index in [-0.39, 0.29) is 19.5 Å². The van der Waals surface area contributed by atoms with Crippen LogP contribution in [-0.4, -0.2) is 52.8 Å². The first-order valence-electron chi connectivity index (χ1n) is 5.01. The molecule has 0 amide bonds. The topological polar surface area (TPSA) is 37.3 Å². The summed E-state index contributed by atoms with van der Waals surface area (Å²) in [5, 5.41) is 7.57. The van der Waals surface area contributed by atoms with Crippen molar-refractivity contribution in [3.05, 3.63) is 0 Å². The van der Waals surface area contributed by atoms with Gasteiger partial charge in [0.25, 0.3) is 0 Å². The maximum Gasteiger partial charge on any atom is 0.460 e. The summed E-state index contributed by atoms with van der Waals surface area (Å²) in [4.78, 5) is 9.72. The summed E-state index contributed by atoms with van der Waals surface area (Å²) >= 11 is 0. The molecule has 0 heterocycles. The molecule has 26 heavy (non-hydrogen) atoms. The van der Waals surface area contributed by atoms with E-state index in [4.69, 9.17) is 5.11 Å². The fourth-order valence-corrected chi connectivity index (χ4v) is 1.10. The Hall–Kier alpha value is -0.957. The molecule has 0 rings (SSSR count). The molecule has 0 aromatic carbocycles. The van der Waals surface area contributed by atoms with Gasteiger partial charge in [-0.1, -0.05) is 0 Å². The van der Waals surface area contributed by atoms with Crippen molar-refractivity contribution in [1.82, 2.24) is 0 Å². The second-order valence-electron chi connectivity index (χ2n) is 4.25. The van der Waals surface area contributed by atoms with E-state index in [1.54, 1.807) is 0 Å². The molecular weight excluding hydrogens is 478 g/mol. The molecule has 0 aliphatic rings. The predicted molar refractivity (Wildman–Crippen MR) is 43.4 cm³/mol. The first kappa shape index (κ1) is 27.3. The molecule has 0 atom stereocenters. The maximum absolute atomic E-state index is 12.8. The van der Waals surface area contributed by atoms with Crippen LogP contribution in [0.4, 0.5) is 65.9 Å². The van der Waals surface area contributed by atoms with E-state index in [1.165, 1.54) is 0 Å². The quantitative estimate of drug-likeness (QED) is 0.452. The van der Waals surface area contributed by atoms with E-state index in [0.29, 0.717) is 0 Å². The third kappa shape index (κ3) is 3.21. The molecule has 0 spiro atoms. The molecule has 0 radical (unpaired) electrons. The van der Waals surface area contributed by atoms with Gasteiger partial charge in [-0.2, -0.15) is 65.9 Å². The summed E-state index contributed by atoms with van der Waals surface area (Å²) in [6.45, 7) is 0. The Morgan fingerprint density at radius 2 is 0.731 bits per heavy atom. The molecule has 1 N–H and O–H groups in total. The van der Waals surface area contributed by atoms with Crippen LogP contribution in [0.3, 0.4) is 0 Å². The molecule has 0 aromatic rings. The zero-order chi connectivity index (χ0) is 21.1. The number of carboxylic acid groups (broad SMARTS) is 1. The molecule has 0 aliphatic heterocycles. The van der Waals surface area contributed by atoms with Crippen LogP contribution < -0.4 is 0 Å². The Labute approximate surface area is 144 Å². The van der Waals surface area contributed by atoms with Crippen LogP contribution in [0.2, 0.25) is 0 Å². The van der Waals surface area contributed by atoms with Crippen LogP contribution >= 0.6 is 0 Å². The number of halogens is 15. The molecular formula is C8HF15O2Zn. The largest absolute Gasteiger partial charge is 0.477 e. The van der Waals surface area contributed by atoms with Crippen molar-refractivity contribution < 1.29 is 95.2 Å². The summed E-state index contributed by atoms with van der Waals surface area (Å²) in [5.41, 5.74) is 0. The smallest absolute Gasteiger partial charge is 0.460 e. The van der Waals surface area contributed by atoms with E-state index in [9.17, 15) is 70.7 Å². The molecule has 152 valence electrons. The SMILES string of the molecule is O=C(O)C(F)(F)C(F)(F)C(F)(F)C(F)(F)C(F)(F)C(F)(F)C(F)(F)F.[Zn]. The van der Waals surface area contributed by atoms with Crippen molar-refractivity contribution in [2.45, 2.75) is 41.7 Å². The van der Waals surface area contributed by atoms with Gasteiger partial charge in [0, 0.05) is 19.5 Å². The minimum atomic E-state index is -8.47. The van der Waals surface area contributed by atoms with Gasteiger partial charge in [0.1, 0.15) is 0 Å². The molecule has 0 bridgehead atoms. The van der Waals surface area contributed by atoms with Crippen LogP contribution in [0.5, 0.6) is 0 Å². The van der Waals surface area contributed by atoms with Gasteiger partial charge in [-0.25, -0.2) is 4.79 Å². The normalized spacial score (nSPS) is 15.5. The van der Waals surface area contributed by atoms with Gasteiger partial charge < -0.3 is 5.11 Å². The number of hydrogen-bond acceptors (Lipinski definition) is 1.